The lowest BCUT2D eigenvalue weighted by Crippen LogP contribution is -2.47. The average Bonchev–Trinajstić information content (AvgIpc) is 3.21. The second-order valence-corrected chi connectivity index (χ2v) is 6.77. The lowest BCUT2D eigenvalue weighted by atomic mass is 9.96. The topological polar surface area (TPSA) is 37.6 Å². The minimum atomic E-state index is 0.293. The van der Waals surface area contributed by atoms with Crippen LogP contribution in [0.5, 0.6) is 0 Å². The van der Waals surface area contributed by atoms with Gasteiger partial charge in [-0.2, -0.15) is 0 Å². The van der Waals surface area contributed by atoms with Gasteiger partial charge < -0.3 is 19.4 Å². The third-order valence-corrected chi connectivity index (χ3v) is 4.97. The fraction of sp³-hybridized carbons (Fsp3) is 0.706. The third-order valence-electron chi connectivity index (χ3n) is 4.59. The van der Waals surface area contributed by atoms with Crippen LogP contribution in [0.1, 0.15) is 50.7 Å². The summed E-state index contributed by atoms with van der Waals surface area (Å²) in [6.45, 7) is 2.44. The monoisotopic (exact) mass is 322 g/mol. The molecule has 2 fully saturated rings. The number of thiocarbonyl (C=S) groups is 1. The standard InChI is InChI=1S/C17H26N2O2S/c22-17(18-14-6-2-1-3-7-14)19(12-15-8-4-10-20-15)13-16-9-5-11-21-16/h4,8,10,14,16H,1-3,5-7,9,11-13H2,(H,18,22)/t16-/m0/s1. The van der Waals surface area contributed by atoms with Gasteiger partial charge in [0.1, 0.15) is 5.76 Å². The minimum absolute atomic E-state index is 0.293. The van der Waals surface area contributed by atoms with E-state index in [4.69, 9.17) is 21.4 Å². The Balaban J connectivity index is 1.59. The fourth-order valence-corrected chi connectivity index (χ4v) is 3.66. The van der Waals surface area contributed by atoms with Crippen molar-refractivity contribution in [3.05, 3.63) is 24.2 Å². The highest BCUT2D eigenvalue weighted by atomic mass is 32.1. The first kappa shape index (κ1) is 15.8. The lowest BCUT2D eigenvalue weighted by Gasteiger charge is -2.31. The zero-order valence-corrected chi connectivity index (χ0v) is 13.9. The molecular weight excluding hydrogens is 296 g/mol. The SMILES string of the molecule is S=C(NC1CCCCC1)N(Cc1ccco1)C[C@@H]1CCCO1. The molecule has 122 valence electrons. The van der Waals surface area contributed by atoms with Crippen molar-refractivity contribution in [3.63, 3.8) is 0 Å². The van der Waals surface area contributed by atoms with Crippen LogP contribution < -0.4 is 5.32 Å². The van der Waals surface area contributed by atoms with Gasteiger partial charge in [-0.15, -0.1) is 0 Å². The van der Waals surface area contributed by atoms with E-state index in [9.17, 15) is 0 Å². The lowest BCUT2D eigenvalue weighted by molar-refractivity contribution is 0.0881. The number of hydrogen-bond acceptors (Lipinski definition) is 3. The molecule has 1 saturated carbocycles. The predicted molar refractivity (Wildman–Crippen MR) is 90.7 cm³/mol. The molecule has 1 aromatic rings. The van der Waals surface area contributed by atoms with Crippen molar-refractivity contribution in [1.29, 1.82) is 0 Å². The van der Waals surface area contributed by atoms with Crippen molar-refractivity contribution in [2.45, 2.75) is 63.6 Å². The van der Waals surface area contributed by atoms with Gasteiger partial charge in [0.2, 0.25) is 0 Å². The van der Waals surface area contributed by atoms with Crippen molar-refractivity contribution in [3.8, 4) is 0 Å². The molecule has 0 radical (unpaired) electrons. The largest absolute Gasteiger partial charge is 0.467 e. The van der Waals surface area contributed by atoms with E-state index in [1.165, 1.54) is 32.1 Å². The molecule has 2 aliphatic rings. The Morgan fingerprint density at radius 1 is 1.23 bits per heavy atom. The van der Waals surface area contributed by atoms with Gasteiger partial charge in [-0.05, 0) is 50.0 Å². The highest BCUT2D eigenvalue weighted by Crippen LogP contribution is 2.19. The summed E-state index contributed by atoms with van der Waals surface area (Å²) >= 11 is 5.68. The van der Waals surface area contributed by atoms with Crippen molar-refractivity contribution in [2.75, 3.05) is 13.2 Å². The van der Waals surface area contributed by atoms with Crippen LogP contribution in [0.15, 0.2) is 22.8 Å². The zero-order chi connectivity index (χ0) is 15.2. The molecule has 0 amide bonds. The normalized spacial score (nSPS) is 22.6. The smallest absolute Gasteiger partial charge is 0.169 e. The summed E-state index contributed by atoms with van der Waals surface area (Å²) in [4.78, 5) is 2.21. The molecule has 1 saturated heterocycles. The van der Waals surface area contributed by atoms with Gasteiger partial charge in [0.25, 0.3) is 0 Å². The molecule has 4 nitrogen and oxygen atoms in total. The van der Waals surface area contributed by atoms with Crippen LogP contribution >= 0.6 is 12.2 Å². The number of nitrogens with one attached hydrogen (secondary N) is 1. The maximum atomic E-state index is 5.78. The molecule has 0 spiro atoms. The Bertz CT molecular complexity index is 451. The van der Waals surface area contributed by atoms with E-state index in [1.807, 2.05) is 12.1 Å². The number of rotatable bonds is 5. The first-order valence-corrected chi connectivity index (χ1v) is 8.91. The van der Waals surface area contributed by atoms with Gasteiger partial charge in [-0.1, -0.05) is 19.3 Å². The van der Waals surface area contributed by atoms with Crippen LogP contribution in [0, 0.1) is 0 Å². The van der Waals surface area contributed by atoms with E-state index < -0.39 is 0 Å². The molecule has 22 heavy (non-hydrogen) atoms. The van der Waals surface area contributed by atoms with Crippen LogP contribution in [-0.2, 0) is 11.3 Å². The summed E-state index contributed by atoms with van der Waals surface area (Å²) < 4.78 is 11.3. The number of furan rings is 1. The van der Waals surface area contributed by atoms with Crippen LogP contribution in [-0.4, -0.2) is 35.3 Å². The van der Waals surface area contributed by atoms with Crippen molar-refractivity contribution < 1.29 is 9.15 Å². The maximum Gasteiger partial charge on any atom is 0.169 e. The van der Waals surface area contributed by atoms with Gasteiger partial charge in [-0.25, -0.2) is 0 Å². The third kappa shape index (κ3) is 4.46. The summed E-state index contributed by atoms with van der Waals surface area (Å²) in [6, 6.07) is 4.47. The fourth-order valence-electron chi connectivity index (χ4n) is 3.36. The number of nitrogens with zero attached hydrogens (tertiary/aromatic N) is 1. The van der Waals surface area contributed by atoms with Crippen LogP contribution in [0.3, 0.4) is 0 Å². The molecule has 0 bridgehead atoms. The molecule has 1 aliphatic carbocycles. The second kappa shape index (κ2) is 7.97. The van der Waals surface area contributed by atoms with Crippen molar-refractivity contribution in [2.24, 2.45) is 0 Å². The van der Waals surface area contributed by atoms with Gasteiger partial charge in [0.15, 0.2) is 5.11 Å². The van der Waals surface area contributed by atoms with E-state index in [2.05, 4.69) is 10.2 Å². The molecule has 1 atom stereocenters. The molecule has 0 aromatic carbocycles. The molecule has 2 heterocycles. The summed E-state index contributed by atoms with van der Waals surface area (Å²) in [5, 5.41) is 4.41. The maximum absolute atomic E-state index is 5.78. The molecule has 0 unspecified atom stereocenters. The summed E-state index contributed by atoms with van der Waals surface area (Å²) in [7, 11) is 0. The summed E-state index contributed by atoms with van der Waals surface area (Å²) in [5.74, 6) is 0.950. The van der Waals surface area contributed by atoms with E-state index in [-0.39, 0.29) is 0 Å². The molecular formula is C17H26N2O2S. The average molecular weight is 322 g/mol. The van der Waals surface area contributed by atoms with Crippen LogP contribution in [0.2, 0.25) is 0 Å². The summed E-state index contributed by atoms with van der Waals surface area (Å²) in [5.41, 5.74) is 0. The van der Waals surface area contributed by atoms with E-state index in [1.54, 1.807) is 6.26 Å². The number of hydrogen-bond donors (Lipinski definition) is 1. The molecule has 1 N–H and O–H groups in total. The van der Waals surface area contributed by atoms with E-state index in [0.29, 0.717) is 18.7 Å². The van der Waals surface area contributed by atoms with Gasteiger partial charge in [0.05, 0.1) is 18.9 Å². The van der Waals surface area contributed by atoms with Crippen molar-refractivity contribution in [1.82, 2.24) is 10.2 Å². The predicted octanol–water partition coefficient (Wildman–Crippen LogP) is 3.47. The van der Waals surface area contributed by atoms with Gasteiger partial charge in [-0.3, -0.25) is 0 Å². The molecule has 5 heteroatoms. The van der Waals surface area contributed by atoms with E-state index >= 15 is 0 Å². The second-order valence-electron chi connectivity index (χ2n) is 6.38. The molecule has 3 rings (SSSR count). The van der Waals surface area contributed by atoms with E-state index in [0.717, 1.165) is 36.9 Å². The zero-order valence-electron chi connectivity index (χ0n) is 13.1. The highest BCUT2D eigenvalue weighted by Gasteiger charge is 2.23. The highest BCUT2D eigenvalue weighted by molar-refractivity contribution is 7.80. The van der Waals surface area contributed by atoms with Gasteiger partial charge in [0, 0.05) is 19.2 Å². The Hall–Kier alpha value is -1.07. The molecule has 1 aliphatic heterocycles. The van der Waals surface area contributed by atoms with Gasteiger partial charge >= 0.3 is 0 Å². The molecule has 1 aromatic heterocycles. The summed E-state index contributed by atoms with van der Waals surface area (Å²) in [6.07, 6.45) is 10.7. The Kier molecular flexibility index (Phi) is 5.73. The first-order valence-electron chi connectivity index (χ1n) is 8.50. The first-order chi connectivity index (χ1) is 10.8. The van der Waals surface area contributed by atoms with Crippen LogP contribution in [0.25, 0.3) is 0 Å². The minimum Gasteiger partial charge on any atom is -0.467 e. The Morgan fingerprint density at radius 2 is 2.09 bits per heavy atom. The Morgan fingerprint density at radius 3 is 2.77 bits per heavy atom. The number of ether oxygens (including phenoxy) is 1. The van der Waals surface area contributed by atoms with Crippen LogP contribution in [0.4, 0.5) is 0 Å². The Labute approximate surface area is 138 Å². The van der Waals surface area contributed by atoms with Crippen molar-refractivity contribution >= 4 is 17.3 Å². The quantitative estimate of drug-likeness (QED) is 0.840.